The number of nitro groups is 2. The lowest BCUT2D eigenvalue weighted by atomic mass is 10.1. The molecule has 1 aliphatic heterocycles. The monoisotopic (exact) mass is 339 g/mol. The fraction of sp³-hybridized carbons (Fsp3) is 0. The molecule has 2 aromatic carbocycles. The molecule has 0 saturated heterocycles. The predicted molar refractivity (Wildman–Crippen MR) is 86.8 cm³/mol. The van der Waals surface area contributed by atoms with Gasteiger partial charge in [0.15, 0.2) is 5.70 Å². The maximum absolute atomic E-state index is 11.9. The Morgan fingerprint density at radius 3 is 2.28 bits per heavy atom. The number of benzene rings is 2. The molecule has 1 aliphatic rings. The van der Waals surface area contributed by atoms with E-state index in [0.29, 0.717) is 5.56 Å². The quantitative estimate of drug-likeness (QED) is 0.365. The third kappa shape index (κ3) is 3.39. The zero-order valence-electron chi connectivity index (χ0n) is 12.5. The number of ether oxygens (including phenoxy) is 1. The fourth-order valence-electron chi connectivity index (χ4n) is 2.17. The Labute approximate surface area is 140 Å². The number of carbonyl (C=O) groups excluding carboxylic acids is 1. The van der Waals surface area contributed by atoms with Crippen molar-refractivity contribution in [1.29, 1.82) is 0 Å². The Kier molecular flexibility index (Phi) is 4.04. The molecule has 0 atom stereocenters. The highest BCUT2D eigenvalue weighted by Crippen LogP contribution is 2.22. The Hall–Kier alpha value is -3.88. The van der Waals surface area contributed by atoms with Crippen LogP contribution in [0.1, 0.15) is 11.1 Å². The van der Waals surface area contributed by atoms with Gasteiger partial charge in [-0.15, -0.1) is 0 Å². The number of nitrogens with zero attached hydrogens (tertiary/aromatic N) is 3. The number of esters is 1. The Morgan fingerprint density at radius 1 is 0.960 bits per heavy atom. The number of hydrogen-bond donors (Lipinski definition) is 0. The SMILES string of the molecule is O=C1OC(c2cccc([N+](=O)[O-])c2)=N/C1=C/c1cccc([N+](=O)[O-])c1. The highest BCUT2D eigenvalue weighted by atomic mass is 16.6. The van der Waals surface area contributed by atoms with Crippen LogP contribution in [0.3, 0.4) is 0 Å². The summed E-state index contributed by atoms with van der Waals surface area (Å²) < 4.78 is 5.03. The lowest BCUT2D eigenvalue weighted by Gasteiger charge is -1.98. The van der Waals surface area contributed by atoms with Crippen LogP contribution < -0.4 is 0 Å². The summed E-state index contributed by atoms with van der Waals surface area (Å²) >= 11 is 0. The van der Waals surface area contributed by atoms with Crippen molar-refractivity contribution in [2.24, 2.45) is 4.99 Å². The van der Waals surface area contributed by atoms with E-state index in [-0.39, 0.29) is 28.5 Å². The highest BCUT2D eigenvalue weighted by molar-refractivity contribution is 6.13. The van der Waals surface area contributed by atoms with Gasteiger partial charge in [-0.1, -0.05) is 18.2 Å². The number of aliphatic imine (C=N–C) groups is 1. The average molecular weight is 339 g/mol. The van der Waals surface area contributed by atoms with E-state index in [0.717, 1.165) is 0 Å². The van der Waals surface area contributed by atoms with E-state index >= 15 is 0 Å². The van der Waals surface area contributed by atoms with Crippen molar-refractivity contribution in [3.8, 4) is 0 Å². The maximum atomic E-state index is 11.9. The lowest BCUT2D eigenvalue weighted by Crippen LogP contribution is -2.05. The van der Waals surface area contributed by atoms with Gasteiger partial charge in [-0.25, -0.2) is 9.79 Å². The summed E-state index contributed by atoms with van der Waals surface area (Å²) in [5.41, 5.74) is 0.355. The van der Waals surface area contributed by atoms with Crippen LogP contribution in [0.25, 0.3) is 6.08 Å². The van der Waals surface area contributed by atoms with Crippen molar-refractivity contribution >= 4 is 29.3 Å². The third-order valence-corrected chi connectivity index (χ3v) is 3.31. The molecule has 25 heavy (non-hydrogen) atoms. The van der Waals surface area contributed by atoms with Crippen molar-refractivity contribution in [1.82, 2.24) is 0 Å². The lowest BCUT2D eigenvalue weighted by molar-refractivity contribution is -0.385. The first-order chi connectivity index (χ1) is 11.9. The van der Waals surface area contributed by atoms with Gasteiger partial charge in [0.1, 0.15) is 0 Å². The predicted octanol–water partition coefficient (Wildman–Crippen LogP) is 2.85. The summed E-state index contributed by atoms with van der Waals surface area (Å²) in [5, 5.41) is 21.6. The van der Waals surface area contributed by atoms with Gasteiger partial charge in [0.25, 0.3) is 11.4 Å². The summed E-state index contributed by atoms with van der Waals surface area (Å²) in [6.45, 7) is 0. The van der Waals surface area contributed by atoms with Gasteiger partial charge in [-0.2, -0.15) is 0 Å². The zero-order chi connectivity index (χ0) is 18.0. The average Bonchev–Trinajstić information content (AvgIpc) is 2.96. The van der Waals surface area contributed by atoms with Crippen LogP contribution in [0.5, 0.6) is 0 Å². The number of cyclic esters (lactones) is 1. The molecular formula is C16H9N3O6. The van der Waals surface area contributed by atoms with Gasteiger partial charge in [0, 0.05) is 29.8 Å². The van der Waals surface area contributed by atoms with Crippen LogP contribution in [0.2, 0.25) is 0 Å². The first-order valence-electron chi connectivity index (χ1n) is 6.96. The van der Waals surface area contributed by atoms with E-state index < -0.39 is 15.8 Å². The number of rotatable bonds is 4. The van der Waals surface area contributed by atoms with Crippen molar-refractivity contribution in [3.63, 3.8) is 0 Å². The molecule has 0 aliphatic carbocycles. The molecule has 0 aromatic heterocycles. The molecule has 124 valence electrons. The second-order valence-electron chi connectivity index (χ2n) is 5.00. The second kappa shape index (κ2) is 6.32. The van der Waals surface area contributed by atoms with Gasteiger partial charge in [0.05, 0.1) is 9.85 Å². The van der Waals surface area contributed by atoms with Crippen LogP contribution in [-0.4, -0.2) is 21.7 Å². The molecule has 9 nitrogen and oxygen atoms in total. The van der Waals surface area contributed by atoms with Crippen molar-refractivity contribution in [2.45, 2.75) is 0 Å². The number of carbonyl (C=O) groups is 1. The standard InChI is InChI=1S/C16H9N3O6/c20-16-14(8-10-3-1-5-12(7-10)18(21)22)17-15(25-16)11-4-2-6-13(9-11)19(23)24/h1-9H/b14-8+. The van der Waals surface area contributed by atoms with E-state index in [1.54, 1.807) is 6.07 Å². The number of nitro benzene ring substituents is 2. The Morgan fingerprint density at radius 2 is 1.60 bits per heavy atom. The first-order valence-corrected chi connectivity index (χ1v) is 6.96. The Bertz CT molecular complexity index is 964. The molecule has 3 rings (SSSR count). The topological polar surface area (TPSA) is 125 Å². The maximum Gasteiger partial charge on any atom is 0.363 e. The largest absolute Gasteiger partial charge is 0.402 e. The van der Waals surface area contributed by atoms with Gasteiger partial charge >= 0.3 is 5.97 Å². The molecule has 9 heteroatoms. The van der Waals surface area contributed by atoms with E-state index in [9.17, 15) is 25.0 Å². The zero-order valence-corrected chi connectivity index (χ0v) is 12.5. The van der Waals surface area contributed by atoms with Crippen LogP contribution >= 0.6 is 0 Å². The van der Waals surface area contributed by atoms with Crippen LogP contribution in [-0.2, 0) is 9.53 Å². The Balaban J connectivity index is 1.95. The summed E-state index contributed by atoms with van der Waals surface area (Å²) in [5.74, 6) is -0.807. The second-order valence-corrected chi connectivity index (χ2v) is 5.00. The van der Waals surface area contributed by atoms with Crippen LogP contribution in [0, 0.1) is 20.2 Å². The van der Waals surface area contributed by atoms with Gasteiger partial charge < -0.3 is 4.74 Å². The molecule has 2 aromatic rings. The van der Waals surface area contributed by atoms with Crippen LogP contribution in [0.15, 0.2) is 59.2 Å². The smallest absolute Gasteiger partial charge is 0.363 e. The van der Waals surface area contributed by atoms with Gasteiger partial charge in [0.2, 0.25) is 5.90 Å². The molecule has 0 saturated carbocycles. The van der Waals surface area contributed by atoms with E-state index in [2.05, 4.69) is 4.99 Å². The molecule has 0 radical (unpaired) electrons. The van der Waals surface area contributed by atoms with Gasteiger partial charge in [-0.05, 0) is 17.7 Å². The normalized spacial score (nSPS) is 15.0. The van der Waals surface area contributed by atoms with Crippen molar-refractivity contribution < 1.29 is 19.4 Å². The summed E-state index contributed by atoms with van der Waals surface area (Å²) in [4.78, 5) is 36.4. The molecule has 0 N–H and O–H groups in total. The molecule has 0 fully saturated rings. The first kappa shape index (κ1) is 16.0. The molecule has 0 spiro atoms. The molecule has 0 bridgehead atoms. The van der Waals surface area contributed by atoms with Crippen molar-refractivity contribution in [2.75, 3.05) is 0 Å². The minimum absolute atomic E-state index is 0.0537. The third-order valence-electron chi connectivity index (χ3n) is 3.31. The minimum atomic E-state index is -0.743. The molecule has 1 heterocycles. The van der Waals surface area contributed by atoms with Crippen LogP contribution in [0.4, 0.5) is 11.4 Å². The van der Waals surface area contributed by atoms with E-state index in [4.69, 9.17) is 4.74 Å². The fourth-order valence-corrected chi connectivity index (χ4v) is 2.17. The number of non-ortho nitro benzene ring substituents is 2. The molecule has 0 amide bonds. The van der Waals surface area contributed by atoms with E-state index in [1.807, 2.05) is 0 Å². The van der Waals surface area contributed by atoms with E-state index in [1.165, 1.54) is 48.5 Å². The molecular weight excluding hydrogens is 330 g/mol. The molecule has 0 unspecified atom stereocenters. The summed E-state index contributed by atoms with van der Waals surface area (Å²) in [6, 6.07) is 11.2. The summed E-state index contributed by atoms with van der Waals surface area (Å²) in [7, 11) is 0. The highest BCUT2D eigenvalue weighted by Gasteiger charge is 2.25. The number of hydrogen-bond acceptors (Lipinski definition) is 7. The minimum Gasteiger partial charge on any atom is -0.402 e. The van der Waals surface area contributed by atoms with Gasteiger partial charge in [-0.3, -0.25) is 20.2 Å². The van der Waals surface area contributed by atoms with Crippen molar-refractivity contribution in [3.05, 3.63) is 85.6 Å². The summed E-state index contributed by atoms with van der Waals surface area (Å²) in [6.07, 6.45) is 1.35.